The van der Waals surface area contributed by atoms with E-state index in [1.165, 1.54) is 0 Å². The third kappa shape index (κ3) is 4.39. The van der Waals surface area contributed by atoms with Crippen molar-refractivity contribution in [2.45, 2.75) is 19.8 Å². The monoisotopic (exact) mass is 420 g/mol. The van der Waals surface area contributed by atoms with Crippen LogP contribution in [0.25, 0.3) is 11.1 Å². The average Bonchev–Trinajstić information content (AvgIpc) is 2.79. The Morgan fingerprint density at radius 3 is 2.65 bits per heavy atom. The molecule has 4 rings (SSSR count). The fourth-order valence-electron chi connectivity index (χ4n) is 3.96. The number of hydrogen-bond donors (Lipinski definition) is 3. The van der Waals surface area contributed by atoms with Crippen LogP contribution in [0.2, 0.25) is 0 Å². The summed E-state index contributed by atoms with van der Waals surface area (Å²) in [5.41, 5.74) is 9.89. The van der Waals surface area contributed by atoms with Gasteiger partial charge in [0, 0.05) is 44.2 Å². The Labute approximate surface area is 181 Å². The molecule has 1 aliphatic rings. The van der Waals surface area contributed by atoms with Gasteiger partial charge in [0.1, 0.15) is 5.69 Å². The molecule has 1 aromatic carbocycles. The number of nitrogens with two attached hydrogens (primary N) is 1. The van der Waals surface area contributed by atoms with E-state index in [0.717, 1.165) is 48.4 Å². The molecule has 8 heteroatoms. The standard InChI is InChI=1S/C23H28N6O2/c1-15-18(4-3-5-19(15)24)17-12-20(23(31)28(2)13-17)25-21-6-7-22(27-26-21)29-10-8-16(14-30)9-11-29/h3-7,12-13,16,30H,8-11,14,24H2,1-2H3,(H,25,26). The smallest absolute Gasteiger partial charge is 0.274 e. The Bertz CT molecular complexity index is 1120. The van der Waals surface area contributed by atoms with E-state index >= 15 is 0 Å². The van der Waals surface area contributed by atoms with Gasteiger partial charge in [0.05, 0.1) is 0 Å². The highest BCUT2D eigenvalue weighted by Gasteiger charge is 2.19. The molecule has 0 aliphatic carbocycles. The number of nitrogens with zero attached hydrogens (tertiary/aromatic N) is 4. The summed E-state index contributed by atoms with van der Waals surface area (Å²) in [4.78, 5) is 14.9. The lowest BCUT2D eigenvalue weighted by Crippen LogP contribution is -2.35. The number of benzene rings is 1. The number of hydrogen-bond acceptors (Lipinski definition) is 7. The van der Waals surface area contributed by atoms with Crippen molar-refractivity contribution in [1.29, 1.82) is 0 Å². The second-order valence-electron chi connectivity index (χ2n) is 8.09. The van der Waals surface area contributed by atoms with Crippen LogP contribution in [0.5, 0.6) is 0 Å². The molecular formula is C23H28N6O2. The lowest BCUT2D eigenvalue weighted by atomic mass is 9.98. The molecule has 162 valence electrons. The zero-order chi connectivity index (χ0) is 22.0. The Kier molecular flexibility index (Phi) is 5.90. The zero-order valence-corrected chi connectivity index (χ0v) is 17.9. The van der Waals surface area contributed by atoms with Crippen LogP contribution in [0.1, 0.15) is 18.4 Å². The van der Waals surface area contributed by atoms with Gasteiger partial charge in [-0.3, -0.25) is 4.79 Å². The van der Waals surface area contributed by atoms with E-state index in [4.69, 9.17) is 5.73 Å². The lowest BCUT2D eigenvalue weighted by molar-refractivity contribution is 0.202. The van der Waals surface area contributed by atoms with Gasteiger partial charge >= 0.3 is 0 Å². The molecule has 1 fully saturated rings. The van der Waals surface area contributed by atoms with Crippen molar-refractivity contribution in [2.24, 2.45) is 13.0 Å². The van der Waals surface area contributed by atoms with E-state index in [-0.39, 0.29) is 12.2 Å². The number of nitrogens with one attached hydrogen (secondary N) is 1. The van der Waals surface area contributed by atoms with Crippen LogP contribution >= 0.6 is 0 Å². The van der Waals surface area contributed by atoms with Crippen molar-refractivity contribution in [3.05, 3.63) is 58.5 Å². The summed E-state index contributed by atoms with van der Waals surface area (Å²) >= 11 is 0. The number of aliphatic hydroxyl groups excluding tert-OH is 1. The highest BCUT2D eigenvalue weighted by atomic mass is 16.3. The van der Waals surface area contributed by atoms with Gasteiger partial charge in [0.2, 0.25) is 0 Å². The number of piperidine rings is 1. The predicted octanol–water partition coefficient (Wildman–Crippen LogP) is 2.69. The van der Waals surface area contributed by atoms with Crippen LogP contribution in [0.15, 0.2) is 47.4 Å². The van der Waals surface area contributed by atoms with Gasteiger partial charge in [-0.1, -0.05) is 12.1 Å². The van der Waals surface area contributed by atoms with Crippen LogP contribution in [0.3, 0.4) is 0 Å². The first-order valence-electron chi connectivity index (χ1n) is 10.5. The van der Waals surface area contributed by atoms with Gasteiger partial charge in [0.25, 0.3) is 5.56 Å². The number of rotatable bonds is 5. The van der Waals surface area contributed by atoms with Gasteiger partial charge < -0.3 is 25.6 Å². The molecule has 1 aliphatic heterocycles. The first-order valence-corrected chi connectivity index (χ1v) is 10.5. The average molecular weight is 421 g/mol. The molecule has 0 spiro atoms. The van der Waals surface area contributed by atoms with Crippen molar-refractivity contribution >= 4 is 23.0 Å². The molecular weight excluding hydrogens is 392 g/mol. The third-order valence-electron chi connectivity index (χ3n) is 5.98. The number of pyridine rings is 1. The van der Waals surface area contributed by atoms with Gasteiger partial charge in [-0.25, -0.2) is 0 Å². The summed E-state index contributed by atoms with van der Waals surface area (Å²) in [5, 5.41) is 21.0. The minimum absolute atomic E-state index is 0.151. The molecule has 3 heterocycles. The van der Waals surface area contributed by atoms with E-state index in [2.05, 4.69) is 20.4 Å². The molecule has 3 aromatic rings. The van der Waals surface area contributed by atoms with Crippen LogP contribution in [-0.4, -0.2) is 39.6 Å². The molecule has 4 N–H and O–H groups in total. The van der Waals surface area contributed by atoms with E-state index in [0.29, 0.717) is 23.1 Å². The summed E-state index contributed by atoms with van der Waals surface area (Å²) in [6.45, 7) is 3.92. The normalized spacial score (nSPS) is 14.6. The van der Waals surface area contributed by atoms with Crippen molar-refractivity contribution in [3.8, 4) is 11.1 Å². The summed E-state index contributed by atoms with van der Waals surface area (Å²) in [6.07, 6.45) is 3.70. The Hall–Kier alpha value is -3.39. The van der Waals surface area contributed by atoms with Crippen molar-refractivity contribution < 1.29 is 5.11 Å². The summed E-state index contributed by atoms with van der Waals surface area (Å²) < 4.78 is 1.55. The molecule has 0 saturated carbocycles. The third-order valence-corrected chi connectivity index (χ3v) is 5.98. The highest BCUT2D eigenvalue weighted by molar-refractivity contribution is 5.75. The molecule has 0 unspecified atom stereocenters. The molecule has 31 heavy (non-hydrogen) atoms. The van der Waals surface area contributed by atoms with Crippen LogP contribution in [-0.2, 0) is 7.05 Å². The maximum atomic E-state index is 12.7. The van der Waals surface area contributed by atoms with Crippen LogP contribution in [0.4, 0.5) is 23.0 Å². The SMILES string of the molecule is Cc1c(N)cccc1-c1cc(Nc2ccc(N3CCC(CO)CC3)nn2)c(=O)n(C)c1. The van der Waals surface area contributed by atoms with E-state index in [9.17, 15) is 9.90 Å². The van der Waals surface area contributed by atoms with Gasteiger partial charge in [-0.05, 0) is 61.1 Å². The molecule has 8 nitrogen and oxygen atoms in total. The second kappa shape index (κ2) is 8.77. The number of aliphatic hydroxyl groups is 1. The first kappa shape index (κ1) is 20.9. The Morgan fingerprint density at radius 2 is 1.97 bits per heavy atom. The Morgan fingerprint density at radius 1 is 1.19 bits per heavy atom. The number of aromatic nitrogens is 3. The summed E-state index contributed by atoms with van der Waals surface area (Å²) in [5.74, 6) is 1.68. The molecule has 0 atom stereocenters. The van der Waals surface area contributed by atoms with E-state index in [1.807, 2.05) is 43.3 Å². The quantitative estimate of drug-likeness (QED) is 0.545. The molecule has 0 bridgehead atoms. The number of anilines is 4. The second-order valence-corrected chi connectivity index (χ2v) is 8.09. The van der Waals surface area contributed by atoms with Crippen molar-refractivity contribution in [3.63, 3.8) is 0 Å². The van der Waals surface area contributed by atoms with E-state index in [1.54, 1.807) is 17.8 Å². The summed E-state index contributed by atoms with van der Waals surface area (Å²) in [7, 11) is 1.73. The largest absolute Gasteiger partial charge is 0.398 e. The molecule has 0 radical (unpaired) electrons. The number of aryl methyl sites for hydroxylation is 1. The fraction of sp³-hybridized carbons (Fsp3) is 0.348. The minimum Gasteiger partial charge on any atom is -0.398 e. The minimum atomic E-state index is -0.151. The predicted molar refractivity (Wildman–Crippen MR) is 124 cm³/mol. The number of nitrogen functional groups attached to an aromatic ring is 1. The summed E-state index contributed by atoms with van der Waals surface area (Å²) in [6, 6.07) is 11.3. The molecule has 2 aromatic heterocycles. The lowest BCUT2D eigenvalue weighted by Gasteiger charge is -2.31. The van der Waals surface area contributed by atoms with Gasteiger partial charge in [0.15, 0.2) is 11.6 Å². The van der Waals surface area contributed by atoms with Gasteiger partial charge in [-0.15, -0.1) is 10.2 Å². The molecule has 1 saturated heterocycles. The topological polar surface area (TPSA) is 109 Å². The van der Waals surface area contributed by atoms with Crippen LogP contribution in [0, 0.1) is 12.8 Å². The van der Waals surface area contributed by atoms with Crippen molar-refractivity contribution in [2.75, 3.05) is 35.6 Å². The maximum absolute atomic E-state index is 12.7. The highest BCUT2D eigenvalue weighted by Crippen LogP contribution is 2.28. The zero-order valence-electron chi connectivity index (χ0n) is 17.9. The van der Waals surface area contributed by atoms with Gasteiger partial charge in [-0.2, -0.15) is 0 Å². The molecule has 0 amide bonds. The first-order chi connectivity index (χ1) is 15.0. The Balaban J connectivity index is 1.56. The van der Waals surface area contributed by atoms with E-state index < -0.39 is 0 Å². The van der Waals surface area contributed by atoms with Crippen LogP contribution < -0.4 is 21.5 Å². The van der Waals surface area contributed by atoms with Crippen molar-refractivity contribution in [1.82, 2.24) is 14.8 Å². The fourth-order valence-corrected chi connectivity index (χ4v) is 3.96. The maximum Gasteiger partial charge on any atom is 0.274 e.